The lowest BCUT2D eigenvalue weighted by atomic mass is 9.77. The first-order chi connectivity index (χ1) is 11.3. The van der Waals surface area contributed by atoms with Crippen molar-refractivity contribution in [3.8, 4) is 0 Å². The third-order valence-electron chi connectivity index (χ3n) is 5.13. The SMILES string of the molecule is CC1CCC2(CC1)NC(=O)N(CC(=O)NC(C)(C)CC(C)(C)C)C2=O. The van der Waals surface area contributed by atoms with Crippen molar-refractivity contribution in [1.82, 2.24) is 15.5 Å². The van der Waals surface area contributed by atoms with Crippen molar-refractivity contribution >= 4 is 17.8 Å². The summed E-state index contributed by atoms with van der Waals surface area (Å²) in [6, 6.07) is -0.441. The van der Waals surface area contributed by atoms with Gasteiger partial charge in [0.1, 0.15) is 12.1 Å². The maximum atomic E-state index is 12.8. The van der Waals surface area contributed by atoms with E-state index in [-0.39, 0.29) is 23.8 Å². The van der Waals surface area contributed by atoms with Gasteiger partial charge in [0.15, 0.2) is 0 Å². The van der Waals surface area contributed by atoms with Gasteiger partial charge >= 0.3 is 6.03 Å². The lowest BCUT2D eigenvalue weighted by molar-refractivity contribution is -0.136. The van der Waals surface area contributed by atoms with E-state index in [9.17, 15) is 14.4 Å². The van der Waals surface area contributed by atoms with Gasteiger partial charge in [0.2, 0.25) is 5.91 Å². The minimum atomic E-state index is -0.787. The van der Waals surface area contributed by atoms with Crippen LogP contribution in [0.5, 0.6) is 0 Å². The summed E-state index contributed by atoms with van der Waals surface area (Å²) in [6.07, 6.45) is 3.96. The topological polar surface area (TPSA) is 78.5 Å². The summed E-state index contributed by atoms with van der Waals surface area (Å²) in [6.45, 7) is 12.2. The molecule has 0 aromatic heterocycles. The average molecular weight is 351 g/mol. The fourth-order valence-corrected chi connectivity index (χ4v) is 4.34. The molecule has 0 aromatic carbocycles. The summed E-state index contributed by atoms with van der Waals surface area (Å²) in [5.41, 5.74) is -1.11. The summed E-state index contributed by atoms with van der Waals surface area (Å²) in [5.74, 6) is 0.0398. The molecule has 2 N–H and O–H groups in total. The molecule has 0 bridgehead atoms. The van der Waals surface area contributed by atoms with Gasteiger partial charge in [-0.05, 0) is 57.3 Å². The Kier molecular flexibility index (Phi) is 5.22. The molecule has 1 saturated carbocycles. The highest BCUT2D eigenvalue weighted by atomic mass is 16.2. The van der Waals surface area contributed by atoms with Gasteiger partial charge in [-0.25, -0.2) is 4.79 Å². The average Bonchev–Trinajstić information content (AvgIpc) is 2.64. The molecule has 6 heteroatoms. The lowest BCUT2D eigenvalue weighted by Gasteiger charge is -2.34. The van der Waals surface area contributed by atoms with E-state index >= 15 is 0 Å². The van der Waals surface area contributed by atoms with Gasteiger partial charge in [-0.2, -0.15) is 0 Å². The number of carbonyl (C=O) groups excluding carboxylic acids is 3. The maximum Gasteiger partial charge on any atom is 0.325 e. The Balaban J connectivity index is 1.99. The fourth-order valence-electron chi connectivity index (χ4n) is 4.34. The number of nitrogens with zero attached hydrogens (tertiary/aromatic N) is 1. The first-order valence-electron chi connectivity index (χ1n) is 9.29. The minimum Gasteiger partial charge on any atom is -0.350 e. The summed E-state index contributed by atoms with van der Waals surface area (Å²) < 4.78 is 0. The van der Waals surface area contributed by atoms with Crippen molar-refractivity contribution in [3.63, 3.8) is 0 Å². The van der Waals surface area contributed by atoms with E-state index in [0.29, 0.717) is 18.8 Å². The van der Waals surface area contributed by atoms with Crippen LogP contribution in [-0.2, 0) is 9.59 Å². The zero-order valence-corrected chi connectivity index (χ0v) is 16.5. The van der Waals surface area contributed by atoms with E-state index in [1.807, 2.05) is 13.8 Å². The molecule has 1 aliphatic heterocycles. The molecular formula is C19H33N3O3. The standard InChI is InChI=1S/C19H33N3O3/c1-13-7-9-19(10-8-13)15(24)22(16(25)21-19)11-14(23)20-18(5,6)12-17(2,3)4/h13H,7-12H2,1-6H3,(H,20,23)(H,21,25). The molecule has 0 atom stereocenters. The van der Waals surface area contributed by atoms with E-state index in [4.69, 9.17) is 0 Å². The Morgan fingerprint density at radius 3 is 2.28 bits per heavy atom. The van der Waals surface area contributed by atoms with Crippen molar-refractivity contribution in [2.24, 2.45) is 11.3 Å². The van der Waals surface area contributed by atoms with Crippen LogP contribution < -0.4 is 10.6 Å². The van der Waals surface area contributed by atoms with Crippen LogP contribution in [-0.4, -0.2) is 40.4 Å². The highest BCUT2D eigenvalue weighted by Crippen LogP contribution is 2.36. The van der Waals surface area contributed by atoms with Crippen molar-refractivity contribution in [2.75, 3.05) is 6.54 Å². The monoisotopic (exact) mass is 351 g/mol. The number of nitrogens with one attached hydrogen (secondary N) is 2. The van der Waals surface area contributed by atoms with Gasteiger partial charge in [0.25, 0.3) is 5.91 Å². The number of amides is 4. The number of hydrogen-bond donors (Lipinski definition) is 2. The number of urea groups is 1. The van der Waals surface area contributed by atoms with Gasteiger partial charge in [0.05, 0.1) is 0 Å². The molecule has 2 fully saturated rings. The molecule has 25 heavy (non-hydrogen) atoms. The Bertz CT molecular complexity index is 555. The second-order valence-corrected chi connectivity index (χ2v) is 9.76. The fraction of sp³-hybridized carbons (Fsp3) is 0.842. The molecule has 0 unspecified atom stereocenters. The molecule has 4 amide bonds. The van der Waals surface area contributed by atoms with Crippen molar-refractivity contribution in [1.29, 1.82) is 0 Å². The van der Waals surface area contributed by atoms with E-state index in [2.05, 4.69) is 38.3 Å². The van der Waals surface area contributed by atoms with Crippen LogP contribution in [0.1, 0.15) is 73.6 Å². The second-order valence-electron chi connectivity index (χ2n) is 9.76. The normalized spacial score (nSPS) is 27.6. The van der Waals surface area contributed by atoms with E-state index in [0.717, 1.165) is 24.2 Å². The number of rotatable bonds is 4. The van der Waals surface area contributed by atoms with Gasteiger partial charge in [-0.15, -0.1) is 0 Å². The van der Waals surface area contributed by atoms with E-state index in [1.54, 1.807) is 0 Å². The molecule has 0 radical (unpaired) electrons. The first-order valence-corrected chi connectivity index (χ1v) is 9.29. The predicted octanol–water partition coefficient (Wildman–Crippen LogP) is 2.82. The van der Waals surface area contributed by atoms with Crippen molar-refractivity contribution in [3.05, 3.63) is 0 Å². The summed E-state index contributed by atoms with van der Waals surface area (Å²) >= 11 is 0. The number of carbonyl (C=O) groups is 3. The Labute approximate surface area is 151 Å². The van der Waals surface area contributed by atoms with Crippen molar-refractivity contribution in [2.45, 2.75) is 84.7 Å². The largest absolute Gasteiger partial charge is 0.350 e. The van der Waals surface area contributed by atoms with Crippen LogP contribution in [0.25, 0.3) is 0 Å². The number of hydrogen-bond acceptors (Lipinski definition) is 3. The number of imide groups is 1. The molecule has 0 aromatic rings. The quantitative estimate of drug-likeness (QED) is 0.765. The van der Waals surface area contributed by atoms with Crippen molar-refractivity contribution < 1.29 is 14.4 Å². The molecule has 1 spiro atoms. The summed E-state index contributed by atoms with van der Waals surface area (Å²) in [5, 5.41) is 5.82. The van der Waals surface area contributed by atoms with Gasteiger partial charge in [-0.3, -0.25) is 14.5 Å². The van der Waals surface area contributed by atoms with Gasteiger partial charge < -0.3 is 10.6 Å². The van der Waals surface area contributed by atoms with E-state index in [1.165, 1.54) is 0 Å². The molecule has 2 rings (SSSR count). The predicted molar refractivity (Wildman–Crippen MR) is 96.9 cm³/mol. The van der Waals surface area contributed by atoms with Crippen LogP contribution in [0.3, 0.4) is 0 Å². The second kappa shape index (κ2) is 6.61. The summed E-state index contributed by atoms with van der Waals surface area (Å²) in [4.78, 5) is 38.6. The van der Waals surface area contributed by atoms with Gasteiger partial charge in [-0.1, -0.05) is 27.7 Å². The Morgan fingerprint density at radius 2 is 1.76 bits per heavy atom. The molecule has 6 nitrogen and oxygen atoms in total. The van der Waals surface area contributed by atoms with Crippen LogP contribution in [0.2, 0.25) is 0 Å². The Hall–Kier alpha value is -1.59. The van der Waals surface area contributed by atoms with E-state index < -0.39 is 17.1 Å². The molecule has 142 valence electrons. The highest BCUT2D eigenvalue weighted by Gasteiger charge is 2.52. The first kappa shape index (κ1) is 19.7. The molecule has 2 aliphatic rings. The summed E-state index contributed by atoms with van der Waals surface area (Å²) in [7, 11) is 0. The highest BCUT2D eigenvalue weighted by molar-refractivity contribution is 6.09. The zero-order valence-electron chi connectivity index (χ0n) is 16.5. The zero-order chi connectivity index (χ0) is 19.0. The Morgan fingerprint density at radius 1 is 1.20 bits per heavy atom. The minimum absolute atomic E-state index is 0.0699. The molecular weight excluding hydrogens is 318 g/mol. The molecule has 1 heterocycles. The van der Waals surface area contributed by atoms with Crippen LogP contribution in [0.4, 0.5) is 4.79 Å². The lowest BCUT2D eigenvalue weighted by Crippen LogP contribution is -2.51. The third-order valence-corrected chi connectivity index (χ3v) is 5.13. The third kappa shape index (κ3) is 4.73. The van der Waals surface area contributed by atoms with Crippen LogP contribution >= 0.6 is 0 Å². The molecule has 1 saturated heterocycles. The van der Waals surface area contributed by atoms with Crippen LogP contribution in [0, 0.1) is 11.3 Å². The maximum absolute atomic E-state index is 12.8. The molecule has 1 aliphatic carbocycles. The smallest absolute Gasteiger partial charge is 0.325 e. The van der Waals surface area contributed by atoms with Gasteiger partial charge in [0, 0.05) is 5.54 Å². The van der Waals surface area contributed by atoms with Crippen LogP contribution in [0.15, 0.2) is 0 Å².